The standard InChI is InChI=1S/C20H22N6O.2ClH/c21-8-2-5-16(23)12-24-20(27)19-25-17-7-6-15(10-18(17)26-19)14-4-1-3-13(9-14)11-22;;/h1,3-4,6-7,9-10,16H,2,5,8,12,21,23H2,(H,24,27)(H,25,26);2*1H. The van der Waals surface area contributed by atoms with Crippen LogP contribution >= 0.6 is 24.8 Å². The molecule has 0 fully saturated rings. The molecule has 7 nitrogen and oxygen atoms in total. The molecule has 9 heteroatoms. The van der Waals surface area contributed by atoms with Gasteiger partial charge in [0.2, 0.25) is 0 Å². The Bertz CT molecular complexity index is 998. The predicted octanol–water partition coefficient (Wildman–Crippen LogP) is 2.74. The summed E-state index contributed by atoms with van der Waals surface area (Å²) in [6.45, 7) is 0.965. The fraction of sp³-hybridized carbons (Fsp3) is 0.250. The number of nitriles is 1. The van der Waals surface area contributed by atoms with E-state index in [9.17, 15) is 4.79 Å². The number of carbonyl (C=O) groups is 1. The minimum atomic E-state index is -0.289. The molecule has 0 spiro atoms. The number of fused-ring (bicyclic) bond motifs is 1. The zero-order chi connectivity index (χ0) is 19.2. The molecule has 0 radical (unpaired) electrons. The van der Waals surface area contributed by atoms with E-state index >= 15 is 0 Å². The molecule has 0 saturated heterocycles. The smallest absolute Gasteiger partial charge is 0.287 e. The number of halogens is 2. The van der Waals surface area contributed by atoms with E-state index in [0.717, 1.165) is 29.5 Å². The summed E-state index contributed by atoms with van der Waals surface area (Å²) in [5, 5.41) is 11.9. The molecule has 0 bridgehead atoms. The number of carbonyl (C=O) groups excluding carboxylic acids is 1. The first kappa shape index (κ1) is 24.4. The van der Waals surface area contributed by atoms with Crippen molar-refractivity contribution in [3.05, 3.63) is 53.9 Å². The highest BCUT2D eigenvalue weighted by molar-refractivity contribution is 5.95. The van der Waals surface area contributed by atoms with Gasteiger partial charge >= 0.3 is 0 Å². The molecule has 1 aromatic heterocycles. The zero-order valence-corrected chi connectivity index (χ0v) is 17.4. The molecule has 29 heavy (non-hydrogen) atoms. The first-order valence-corrected chi connectivity index (χ1v) is 8.85. The van der Waals surface area contributed by atoms with Crippen LogP contribution in [-0.2, 0) is 0 Å². The van der Waals surface area contributed by atoms with Crippen molar-refractivity contribution in [2.45, 2.75) is 18.9 Å². The van der Waals surface area contributed by atoms with Gasteiger partial charge in [-0.3, -0.25) is 4.79 Å². The van der Waals surface area contributed by atoms with E-state index in [2.05, 4.69) is 21.4 Å². The summed E-state index contributed by atoms with van der Waals surface area (Å²) >= 11 is 0. The van der Waals surface area contributed by atoms with Crippen molar-refractivity contribution in [1.29, 1.82) is 5.26 Å². The van der Waals surface area contributed by atoms with E-state index in [4.69, 9.17) is 16.7 Å². The van der Waals surface area contributed by atoms with E-state index in [1.165, 1.54) is 0 Å². The SMILES string of the molecule is Cl.Cl.N#Cc1cccc(-c2ccc3nc(C(=O)NCC(N)CCCN)[nH]c3c2)c1. The van der Waals surface area contributed by atoms with Gasteiger partial charge in [-0.15, -0.1) is 24.8 Å². The molecule has 0 aliphatic heterocycles. The van der Waals surface area contributed by atoms with Crippen LogP contribution in [0.2, 0.25) is 0 Å². The minimum Gasteiger partial charge on any atom is -0.348 e. The number of aromatic amines is 1. The Hall–Kier alpha value is -2.63. The summed E-state index contributed by atoms with van der Waals surface area (Å²) in [4.78, 5) is 19.7. The van der Waals surface area contributed by atoms with Crippen LogP contribution < -0.4 is 16.8 Å². The largest absolute Gasteiger partial charge is 0.348 e. The van der Waals surface area contributed by atoms with E-state index in [-0.39, 0.29) is 42.6 Å². The number of rotatable bonds is 7. The summed E-state index contributed by atoms with van der Waals surface area (Å²) in [7, 11) is 0. The van der Waals surface area contributed by atoms with E-state index in [0.29, 0.717) is 24.2 Å². The molecule has 1 heterocycles. The lowest BCUT2D eigenvalue weighted by Gasteiger charge is -2.11. The van der Waals surface area contributed by atoms with Crippen molar-refractivity contribution in [2.75, 3.05) is 13.1 Å². The van der Waals surface area contributed by atoms with Crippen molar-refractivity contribution >= 4 is 41.8 Å². The molecule has 0 aliphatic carbocycles. The normalized spacial score (nSPS) is 11.1. The highest BCUT2D eigenvalue weighted by atomic mass is 35.5. The van der Waals surface area contributed by atoms with Crippen molar-refractivity contribution < 1.29 is 4.79 Å². The average Bonchev–Trinajstić information content (AvgIpc) is 3.13. The number of benzene rings is 2. The third-order valence-corrected chi connectivity index (χ3v) is 4.33. The van der Waals surface area contributed by atoms with Gasteiger partial charge in [-0.1, -0.05) is 18.2 Å². The van der Waals surface area contributed by atoms with Crippen LogP contribution in [-0.4, -0.2) is 35.0 Å². The van der Waals surface area contributed by atoms with Crippen LogP contribution in [0.4, 0.5) is 0 Å². The number of aromatic nitrogens is 2. The fourth-order valence-electron chi connectivity index (χ4n) is 2.85. The van der Waals surface area contributed by atoms with Gasteiger partial charge in [0.1, 0.15) is 0 Å². The second-order valence-corrected chi connectivity index (χ2v) is 6.41. The van der Waals surface area contributed by atoms with Gasteiger partial charge in [0.05, 0.1) is 22.7 Å². The quantitative estimate of drug-likeness (QED) is 0.453. The monoisotopic (exact) mass is 434 g/mol. The Morgan fingerprint density at radius 3 is 2.69 bits per heavy atom. The third-order valence-electron chi connectivity index (χ3n) is 4.33. The first-order chi connectivity index (χ1) is 13.1. The van der Waals surface area contributed by atoms with Crippen LogP contribution in [0.15, 0.2) is 42.5 Å². The lowest BCUT2D eigenvalue weighted by atomic mass is 10.0. The van der Waals surface area contributed by atoms with Crippen LogP contribution in [0.3, 0.4) is 0 Å². The number of nitrogens with two attached hydrogens (primary N) is 2. The first-order valence-electron chi connectivity index (χ1n) is 8.85. The summed E-state index contributed by atoms with van der Waals surface area (Å²) in [6, 6.07) is 15.1. The molecule has 1 atom stereocenters. The molecule has 0 saturated carbocycles. The second kappa shape index (κ2) is 11.4. The summed E-state index contributed by atoms with van der Waals surface area (Å²) < 4.78 is 0. The van der Waals surface area contributed by atoms with Crippen LogP contribution in [0.5, 0.6) is 0 Å². The molecule has 2 aromatic carbocycles. The topological polar surface area (TPSA) is 134 Å². The van der Waals surface area contributed by atoms with Crippen LogP contribution in [0.1, 0.15) is 29.0 Å². The predicted molar refractivity (Wildman–Crippen MR) is 119 cm³/mol. The maximum absolute atomic E-state index is 12.3. The van der Waals surface area contributed by atoms with Crippen molar-refractivity contribution in [2.24, 2.45) is 11.5 Å². The number of hydrogen-bond donors (Lipinski definition) is 4. The van der Waals surface area contributed by atoms with Crippen LogP contribution in [0, 0.1) is 11.3 Å². The Morgan fingerprint density at radius 1 is 1.21 bits per heavy atom. The summed E-state index contributed by atoms with van der Waals surface area (Å²) in [5.74, 6) is -0.0404. The van der Waals surface area contributed by atoms with Gasteiger partial charge < -0.3 is 21.8 Å². The molecule has 1 amide bonds. The number of nitrogens with one attached hydrogen (secondary N) is 2. The fourth-order valence-corrected chi connectivity index (χ4v) is 2.85. The molecule has 6 N–H and O–H groups in total. The lowest BCUT2D eigenvalue weighted by molar-refractivity contribution is 0.0941. The molecular weight excluding hydrogens is 411 g/mol. The Balaban J connectivity index is 0.00000210. The molecular formula is C20H24Cl2N6O. The van der Waals surface area contributed by atoms with Crippen molar-refractivity contribution in [1.82, 2.24) is 15.3 Å². The Labute approximate surface area is 181 Å². The van der Waals surface area contributed by atoms with Gasteiger partial charge in [-0.25, -0.2) is 4.98 Å². The highest BCUT2D eigenvalue weighted by Crippen LogP contribution is 2.24. The second-order valence-electron chi connectivity index (χ2n) is 6.41. The minimum absolute atomic E-state index is 0. The van der Waals surface area contributed by atoms with Gasteiger partial charge in [0.15, 0.2) is 5.82 Å². The maximum atomic E-state index is 12.3. The maximum Gasteiger partial charge on any atom is 0.287 e. The van der Waals surface area contributed by atoms with Gasteiger partial charge in [-0.2, -0.15) is 5.26 Å². The van der Waals surface area contributed by atoms with Gasteiger partial charge in [0, 0.05) is 12.6 Å². The van der Waals surface area contributed by atoms with E-state index in [1.54, 1.807) is 6.07 Å². The average molecular weight is 435 g/mol. The summed E-state index contributed by atoms with van der Waals surface area (Å²) in [5.41, 5.74) is 15.3. The number of amides is 1. The molecule has 3 rings (SSSR count). The Kier molecular flexibility index (Phi) is 9.59. The van der Waals surface area contributed by atoms with Crippen molar-refractivity contribution in [3.63, 3.8) is 0 Å². The molecule has 3 aromatic rings. The number of H-pyrrole nitrogens is 1. The van der Waals surface area contributed by atoms with Gasteiger partial charge in [-0.05, 0) is 54.8 Å². The van der Waals surface area contributed by atoms with Crippen LogP contribution in [0.25, 0.3) is 22.2 Å². The lowest BCUT2D eigenvalue weighted by Crippen LogP contribution is -2.37. The zero-order valence-electron chi connectivity index (χ0n) is 15.7. The third kappa shape index (κ3) is 6.17. The number of imidazole rings is 1. The van der Waals surface area contributed by atoms with Crippen molar-refractivity contribution in [3.8, 4) is 17.2 Å². The molecule has 154 valence electrons. The molecule has 1 unspecified atom stereocenters. The number of nitrogens with zero attached hydrogens (tertiary/aromatic N) is 2. The highest BCUT2D eigenvalue weighted by Gasteiger charge is 2.13. The van der Waals surface area contributed by atoms with Gasteiger partial charge in [0.25, 0.3) is 5.91 Å². The Morgan fingerprint density at radius 2 is 1.97 bits per heavy atom. The molecule has 0 aliphatic rings. The van der Waals surface area contributed by atoms with E-state index in [1.807, 2.05) is 36.4 Å². The summed E-state index contributed by atoms with van der Waals surface area (Å²) in [6.07, 6.45) is 1.60. The van der Waals surface area contributed by atoms with E-state index < -0.39 is 0 Å². The number of hydrogen-bond acceptors (Lipinski definition) is 5.